The molecular weight excluding hydrogens is 449 g/mol. The molecule has 3 aromatic carbocycles. The Hall–Kier alpha value is -2.92. The standard InChI is InChI=1S/C27H32NO5P/c1-2-3-4-5-6-7-19-33-25-17-15-22(16-18-25)21-11-13-23(14-12-21)27(29)28-24-9-8-10-26(20-24)34(30,31)32/h8-18,20H,2-7,19H2,1H3,(H,28,29)(H2,30,31,32). The van der Waals surface area contributed by atoms with Gasteiger partial charge in [-0.15, -0.1) is 0 Å². The molecule has 3 rings (SSSR count). The van der Waals surface area contributed by atoms with Crippen LogP contribution in [0.15, 0.2) is 72.8 Å². The van der Waals surface area contributed by atoms with Crippen molar-refractivity contribution in [2.24, 2.45) is 0 Å². The van der Waals surface area contributed by atoms with Crippen LogP contribution in [0.3, 0.4) is 0 Å². The Labute approximate surface area is 201 Å². The van der Waals surface area contributed by atoms with Crippen molar-refractivity contribution in [3.05, 3.63) is 78.4 Å². The van der Waals surface area contributed by atoms with Crippen molar-refractivity contribution in [3.8, 4) is 16.9 Å². The van der Waals surface area contributed by atoms with Crippen LogP contribution >= 0.6 is 7.60 Å². The minimum Gasteiger partial charge on any atom is -0.494 e. The predicted molar refractivity (Wildman–Crippen MR) is 137 cm³/mol. The normalized spacial score (nSPS) is 11.3. The molecule has 34 heavy (non-hydrogen) atoms. The smallest absolute Gasteiger partial charge is 0.356 e. The van der Waals surface area contributed by atoms with E-state index in [0.717, 1.165) is 29.9 Å². The third-order valence-corrected chi connectivity index (χ3v) is 6.49. The van der Waals surface area contributed by atoms with Crippen molar-refractivity contribution in [2.75, 3.05) is 11.9 Å². The third-order valence-electron chi connectivity index (χ3n) is 5.54. The number of rotatable bonds is 12. The molecule has 6 nitrogen and oxygen atoms in total. The zero-order valence-electron chi connectivity index (χ0n) is 19.4. The summed E-state index contributed by atoms with van der Waals surface area (Å²) in [6.07, 6.45) is 7.40. The predicted octanol–water partition coefficient (Wildman–Crippen LogP) is 6.15. The van der Waals surface area contributed by atoms with Crippen LogP contribution < -0.4 is 15.4 Å². The minimum atomic E-state index is -4.38. The highest BCUT2D eigenvalue weighted by Crippen LogP contribution is 2.33. The molecule has 0 heterocycles. The van der Waals surface area contributed by atoms with Gasteiger partial charge in [0.1, 0.15) is 5.75 Å². The van der Waals surface area contributed by atoms with Crippen LogP contribution in [0.25, 0.3) is 11.1 Å². The van der Waals surface area contributed by atoms with E-state index in [1.807, 2.05) is 36.4 Å². The second kappa shape index (κ2) is 12.5. The molecule has 0 radical (unpaired) electrons. The Morgan fingerprint density at radius 2 is 1.47 bits per heavy atom. The van der Waals surface area contributed by atoms with Crippen LogP contribution in [0, 0.1) is 0 Å². The van der Waals surface area contributed by atoms with Crippen LogP contribution in [-0.2, 0) is 4.57 Å². The first-order chi connectivity index (χ1) is 16.4. The van der Waals surface area contributed by atoms with E-state index < -0.39 is 7.60 Å². The van der Waals surface area contributed by atoms with Crippen molar-refractivity contribution in [2.45, 2.75) is 45.4 Å². The van der Waals surface area contributed by atoms with Gasteiger partial charge in [0.25, 0.3) is 5.91 Å². The molecule has 0 bridgehead atoms. The molecule has 180 valence electrons. The second-order valence-corrected chi connectivity index (χ2v) is 9.87. The van der Waals surface area contributed by atoms with Gasteiger partial charge in [-0.05, 0) is 60.0 Å². The van der Waals surface area contributed by atoms with Gasteiger partial charge in [-0.25, -0.2) is 0 Å². The molecule has 0 aromatic heterocycles. The number of hydrogen-bond acceptors (Lipinski definition) is 3. The molecule has 1 amide bonds. The molecule has 0 saturated carbocycles. The number of amides is 1. The number of benzene rings is 3. The average molecular weight is 482 g/mol. The van der Waals surface area contributed by atoms with Crippen molar-refractivity contribution < 1.29 is 23.9 Å². The second-order valence-electron chi connectivity index (χ2n) is 8.27. The van der Waals surface area contributed by atoms with E-state index >= 15 is 0 Å². The quantitative estimate of drug-likeness (QED) is 0.213. The van der Waals surface area contributed by atoms with Crippen LogP contribution in [0.2, 0.25) is 0 Å². The van der Waals surface area contributed by atoms with Gasteiger partial charge >= 0.3 is 7.60 Å². The molecule has 3 aromatic rings. The lowest BCUT2D eigenvalue weighted by molar-refractivity contribution is 0.102. The SMILES string of the molecule is CCCCCCCCOc1ccc(-c2ccc(C(=O)Nc3cccc(P(=O)(O)O)c3)cc2)cc1. The van der Waals surface area contributed by atoms with E-state index in [1.54, 1.807) is 18.2 Å². The Morgan fingerprint density at radius 3 is 2.12 bits per heavy atom. The highest BCUT2D eigenvalue weighted by Gasteiger charge is 2.17. The maximum absolute atomic E-state index is 12.5. The first-order valence-electron chi connectivity index (χ1n) is 11.7. The van der Waals surface area contributed by atoms with E-state index in [4.69, 9.17) is 4.74 Å². The summed E-state index contributed by atoms with van der Waals surface area (Å²) in [7, 11) is -4.38. The Balaban J connectivity index is 1.53. The molecule has 0 aliphatic rings. The molecule has 0 spiro atoms. The van der Waals surface area contributed by atoms with Crippen LogP contribution in [0.4, 0.5) is 5.69 Å². The Morgan fingerprint density at radius 1 is 0.853 bits per heavy atom. The first-order valence-corrected chi connectivity index (χ1v) is 13.3. The molecule has 0 atom stereocenters. The highest BCUT2D eigenvalue weighted by molar-refractivity contribution is 7.60. The summed E-state index contributed by atoms with van der Waals surface area (Å²) in [4.78, 5) is 31.1. The average Bonchev–Trinajstić information content (AvgIpc) is 2.84. The van der Waals surface area contributed by atoms with Crippen molar-refractivity contribution >= 4 is 24.5 Å². The summed E-state index contributed by atoms with van der Waals surface area (Å²) in [5.74, 6) is 0.499. The van der Waals surface area contributed by atoms with Gasteiger partial charge in [0.05, 0.1) is 11.9 Å². The molecule has 0 saturated heterocycles. The van der Waals surface area contributed by atoms with Gasteiger partial charge in [-0.2, -0.15) is 0 Å². The van der Waals surface area contributed by atoms with Crippen LogP contribution in [0.5, 0.6) is 5.75 Å². The van der Waals surface area contributed by atoms with E-state index in [9.17, 15) is 19.1 Å². The molecule has 0 unspecified atom stereocenters. The molecule has 0 fully saturated rings. The summed E-state index contributed by atoms with van der Waals surface area (Å²) in [6, 6.07) is 20.8. The van der Waals surface area contributed by atoms with E-state index in [0.29, 0.717) is 11.3 Å². The Kier molecular flexibility index (Phi) is 9.46. The molecule has 0 aliphatic heterocycles. The molecule has 0 aliphatic carbocycles. The number of hydrogen-bond donors (Lipinski definition) is 3. The fourth-order valence-electron chi connectivity index (χ4n) is 3.60. The largest absolute Gasteiger partial charge is 0.494 e. The van der Waals surface area contributed by atoms with Gasteiger partial charge in [0.2, 0.25) is 0 Å². The summed E-state index contributed by atoms with van der Waals surface area (Å²) in [5.41, 5.74) is 2.77. The van der Waals surface area contributed by atoms with E-state index in [-0.39, 0.29) is 11.2 Å². The zero-order chi connectivity index (χ0) is 24.4. The lowest BCUT2D eigenvalue weighted by atomic mass is 10.0. The summed E-state index contributed by atoms with van der Waals surface area (Å²) >= 11 is 0. The number of carbonyl (C=O) groups is 1. The molecule has 3 N–H and O–H groups in total. The lowest BCUT2D eigenvalue weighted by Gasteiger charge is -2.10. The van der Waals surface area contributed by atoms with Crippen molar-refractivity contribution in [1.82, 2.24) is 0 Å². The molecule has 7 heteroatoms. The van der Waals surface area contributed by atoms with E-state index in [2.05, 4.69) is 12.2 Å². The summed E-state index contributed by atoms with van der Waals surface area (Å²) < 4.78 is 17.3. The third kappa shape index (κ3) is 7.84. The number of nitrogens with one attached hydrogen (secondary N) is 1. The van der Waals surface area contributed by atoms with Crippen molar-refractivity contribution in [1.29, 1.82) is 0 Å². The van der Waals surface area contributed by atoms with Gasteiger partial charge in [0, 0.05) is 11.3 Å². The van der Waals surface area contributed by atoms with Crippen LogP contribution in [-0.4, -0.2) is 22.3 Å². The number of carbonyl (C=O) groups excluding carboxylic acids is 1. The highest BCUT2D eigenvalue weighted by atomic mass is 31.2. The minimum absolute atomic E-state index is 0.139. The topological polar surface area (TPSA) is 95.9 Å². The fourth-order valence-corrected chi connectivity index (χ4v) is 4.19. The maximum atomic E-state index is 12.5. The Bertz CT molecular complexity index is 1110. The van der Waals surface area contributed by atoms with Crippen LogP contribution in [0.1, 0.15) is 55.8 Å². The number of unbranched alkanes of at least 4 members (excludes halogenated alkanes) is 5. The van der Waals surface area contributed by atoms with Gasteiger partial charge in [-0.1, -0.05) is 69.4 Å². The first kappa shape index (κ1) is 25.7. The number of anilines is 1. The summed E-state index contributed by atoms with van der Waals surface area (Å²) in [5, 5.41) is 2.54. The van der Waals surface area contributed by atoms with Gasteiger partial charge < -0.3 is 19.8 Å². The summed E-state index contributed by atoms with van der Waals surface area (Å²) in [6.45, 7) is 2.95. The fraction of sp³-hybridized carbons (Fsp3) is 0.296. The number of ether oxygens (including phenoxy) is 1. The van der Waals surface area contributed by atoms with Crippen molar-refractivity contribution in [3.63, 3.8) is 0 Å². The monoisotopic (exact) mass is 481 g/mol. The lowest BCUT2D eigenvalue weighted by Crippen LogP contribution is -2.13. The zero-order valence-corrected chi connectivity index (χ0v) is 20.3. The van der Waals surface area contributed by atoms with E-state index in [1.165, 1.54) is 50.3 Å². The molecular formula is C27H32NO5P. The maximum Gasteiger partial charge on any atom is 0.356 e. The van der Waals surface area contributed by atoms with Gasteiger partial charge in [-0.3, -0.25) is 9.36 Å². The van der Waals surface area contributed by atoms with Gasteiger partial charge in [0.15, 0.2) is 0 Å².